The smallest absolute Gasteiger partial charge is 0.244 e. The Balaban J connectivity index is 1.54. The fourth-order valence-corrected chi connectivity index (χ4v) is 4.79. The highest BCUT2D eigenvalue weighted by Crippen LogP contribution is 2.27. The molecule has 31 heavy (non-hydrogen) atoms. The Labute approximate surface area is 188 Å². The number of benzene rings is 1. The number of carbonyl (C=O) groups excluding carboxylic acids is 2. The number of amides is 2. The van der Waals surface area contributed by atoms with Crippen molar-refractivity contribution in [3.05, 3.63) is 23.2 Å². The molecule has 2 amide bonds. The van der Waals surface area contributed by atoms with Gasteiger partial charge in [0.15, 0.2) is 0 Å². The van der Waals surface area contributed by atoms with E-state index in [1.165, 1.54) is 26.2 Å². The maximum Gasteiger partial charge on any atom is 0.244 e. The summed E-state index contributed by atoms with van der Waals surface area (Å²) in [5.41, 5.74) is 0.372. The van der Waals surface area contributed by atoms with Gasteiger partial charge in [0.1, 0.15) is 4.90 Å². The molecule has 0 bridgehead atoms. The lowest BCUT2D eigenvalue weighted by Crippen LogP contribution is -2.54. The molecule has 0 aromatic heterocycles. The van der Waals surface area contributed by atoms with Gasteiger partial charge in [0, 0.05) is 52.0 Å². The maximum absolute atomic E-state index is 12.8. The average Bonchev–Trinajstić information content (AvgIpc) is 3.53. The summed E-state index contributed by atoms with van der Waals surface area (Å²) in [6.45, 7) is 4.97. The average molecular weight is 472 g/mol. The number of carbonyl (C=O) groups is 2. The molecule has 11 heteroatoms. The van der Waals surface area contributed by atoms with Crippen LogP contribution < -0.4 is 10.6 Å². The van der Waals surface area contributed by atoms with E-state index >= 15 is 0 Å². The molecule has 0 unspecified atom stereocenters. The molecule has 1 aliphatic carbocycles. The number of rotatable bonds is 8. The van der Waals surface area contributed by atoms with Crippen molar-refractivity contribution in [2.24, 2.45) is 0 Å². The molecule has 2 N–H and O–H groups in total. The van der Waals surface area contributed by atoms with E-state index in [1.807, 2.05) is 6.92 Å². The highest BCUT2D eigenvalue weighted by Gasteiger charge is 2.28. The predicted molar refractivity (Wildman–Crippen MR) is 120 cm³/mol. The molecule has 1 saturated carbocycles. The van der Waals surface area contributed by atoms with Crippen LogP contribution in [-0.4, -0.2) is 93.2 Å². The summed E-state index contributed by atoms with van der Waals surface area (Å²) in [5.74, 6) is -0.164. The van der Waals surface area contributed by atoms with Crippen molar-refractivity contribution in [3.63, 3.8) is 0 Å². The van der Waals surface area contributed by atoms with Crippen LogP contribution in [0.15, 0.2) is 23.1 Å². The van der Waals surface area contributed by atoms with Crippen LogP contribution in [0.25, 0.3) is 0 Å². The topological polar surface area (TPSA) is 102 Å². The molecule has 0 radical (unpaired) electrons. The molecule has 9 nitrogen and oxygen atoms in total. The molecular formula is C20H30ClN5O4S. The lowest BCUT2D eigenvalue weighted by molar-refractivity contribution is -0.124. The first kappa shape index (κ1) is 23.9. The molecule has 1 heterocycles. The molecule has 1 atom stereocenters. The molecule has 1 aliphatic heterocycles. The SMILES string of the molecule is C[C@H](C(=O)Nc1ccc(Cl)c(S(=O)(=O)N(C)C)c1)N1CCN(CC(=O)NC2CC2)CC1. The van der Waals surface area contributed by atoms with Gasteiger partial charge in [0.2, 0.25) is 21.8 Å². The van der Waals surface area contributed by atoms with Crippen molar-refractivity contribution in [2.75, 3.05) is 52.1 Å². The predicted octanol–water partition coefficient (Wildman–Crippen LogP) is 0.814. The van der Waals surface area contributed by atoms with Crippen molar-refractivity contribution in [2.45, 2.75) is 36.7 Å². The fourth-order valence-electron chi connectivity index (χ4n) is 3.40. The van der Waals surface area contributed by atoms with Crippen molar-refractivity contribution >= 4 is 39.1 Å². The van der Waals surface area contributed by atoms with Crippen LogP contribution in [0.1, 0.15) is 19.8 Å². The Morgan fingerprint density at radius 1 is 1.19 bits per heavy atom. The molecule has 3 rings (SSSR count). The third-order valence-corrected chi connectivity index (χ3v) is 7.90. The van der Waals surface area contributed by atoms with Gasteiger partial charge in [0.05, 0.1) is 17.6 Å². The summed E-state index contributed by atoms with van der Waals surface area (Å²) in [5, 5.41) is 5.88. The summed E-state index contributed by atoms with van der Waals surface area (Å²) in [4.78, 5) is 28.8. The van der Waals surface area contributed by atoms with E-state index in [0.717, 1.165) is 17.1 Å². The van der Waals surface area contributed by atoms with Crippen LogP contribution in [0.5, 0.6) is 0 Å². The largest absolute Gasteiger partial charge is 0.352 e. The quantitative estimate of drug-likeness (QED) is 0.582. The second-order valence-electron chi connectivity index (χ2n) is 8.25. The summed E-state index contributed by atoms with van der Waals surface area (Å²) in [7, 11) is -0.875. The van der Waals surface area contributed by atoms with Gasteiger partial charge in [-0.25, -0.2) is 12.7 Å². The minimum atomic E-state index is -3.73. The van der Waals surface area contributed by atoms with Gasteiger partial charge in [-0.3, -0.25) is 19.4 Å². The van der Waals surface area contributed by atoms with Crippen molar-refractivity contribution < 1.29 is 18.0 Å². The van der Waals surface area contributed by atoms with Crippen LogP contribution in [-0.2, 0) is 19.6 Å². The van der Waals surface area contributed by atoms with Crippen LogP contribution in [0, 0.1) is 0 Å². The summed E-state index contributed by atoms with van der Waals surface area (Å²) in [6, 6.07) is 4.38. The van der Waals surface area contributed by atoms with Gasteiger partial charge in [-0.15, -0.1) is 0 Å². The van der Waals surface area contributed by atoms with Crippen LogP contribution in [0.4, 0.5) is 5.69 Å². The zero-order chi connectivity index (χ0) is 22.8. The zero-order valence-electron chi connectivity index (χ0n) is 18.1. The number of hydrogen-bond acceptors (Lipinski definition) is 6. The van der Waals surface area contributed by atoms with E-state index in [1.54, 1.807) is 6.07 Å². The number of nitrogens with zero attached hydrogens (tertiary/aromatic N) is 3. The molecular weight excluding hydrogens is 442 g/mol. The second kappa shape index (κ2) is 9.83. The monoisotopic (exact) mass is 471 g/mol. The maximum atomic E-state index is 12.8. The van der Waals surface area contributed by atoms with Crippen molar-refractivity contribution in [1.29, 1.82) is 0 Å². The highest BCUT2D eigenvalue weighted by atomic mass is 35.5. The van der Waals surface area contributed by atoms with Gasteiger partial charge in [0.25, 0.3) is 0 Å². The summed E-state index contributed by atoms with van der Waals surface area (Å²) in [6.07, 6.45) is 2.14. The van der Waals surface area contributed by atoms with Gasteiger partial charge in [-0.05, 0) is 38.0 Å². The molecule has 1 aromatic carbocycles. The van der Waals surface area contributed by atoms with Crippen LogP contribution in [0.3, 0.4) is 0 Å². The summed E-state index contributed by atoms with van der Waals surface area (Å²) < 4.78 is 25.9. The molecule has 2 fully saturated rings. The van der Waals surface area contributed by atoms with Crippen molar-refractivity contribution in [3.8, 4) is 0 Å². The number of nitrogens with one attached hydrogen (secondary N) is 2. The van der Waals surface area contributed by atoms with E-state index < -0.39 is 16.1 Å². The normalized spacial score (nSPS) is 19.3. The van der Waals surface area contributed by atoms with Crippen LogP contribution >= 0.6 is 11.6 Å². The lowest BCUT2D eigenvalue weighted by atomic mass is 10.2. The second-order valence-corrected chi connectivity index (χ2v) is 10.8. The first-order chi connectivity index (χ1) is 14.6. The van der Waals surface area contributed by atoms with Gasteiger partial charge >= 0.3 is 0 Å². The number of anilines is 1. The molecule has 2 aliphatic rings. The Bertz CT molecular complexity index is 927. The Kier molecular flexibility index (Phi) is 7.59. The van der Waals surface area contributed by atoms with E-state index in [4.69, 9.17) is 11.6 Å². The Morgan fingerprint density at radius 2 is 1.84 bits per heavy atom. The van der Waals surface area contributed by atoms with Gasteiger partial charge < -0.3 is 10.6 Å². The van der Waals surface area contributed by atoms with Gasteiger partial charge in [-0.1, -0.05) is 11.6 Å². The standard InChI is InChI=1S/C20H30ClN5O4S/c1-14(26-10-8-25(9-11-26)13-19(27)22-15-4-5-15)20(28)23-16-6-7-17(21)18(12-16)31(29,30)24(2)3/h6-7,12,14-15H,4-5,8-11,13H2,1-3H3,(H,22,27)(H,23,28)/t14-/m1/s1. The zero-order valence-corrected chi connectivity index (χ0v) is 19.7. The van der Waals surface area contributed by atoms with Crippen LogP contribution in [0.2, 0.25) is 5.02 Å². The van der Waals surface area contributed by atoms with Crippen molar-refractivity contribution in [1.82, 2.24) is 19.4 Å². The number of halogens is 1. The van der Waals surface area contributed by atoms with E-state index in [2.05, 4.69) is 20.4 Å². The third-order valence-electron chi connectivity index (χ3n) is 5.60. The Hall–Kier alpha value is -1.72. The first-order valence-corrected chi connectivity index (χ1v) is 12.2. The molecule has 1 aromatic rings. The van der Waals surface area contributed by atoms with E-state index in [0.29, 0.717) is 44.5 Å². The third kappa shape index (κ3) is 6.17. The Morgan fingerprint density at radius 3 is 2.42 bits per heavy atom. The number of sulfonamides is 1. The lowest BCUT2D eigenvalue weighted by Gasteiger charge is -2.37. The first-order valence-electron chi connectivity index (χ1n) is 10.4. The van der Waals surface area contributed by atoms with Gasteiger partial charge in [-0.2, -0.15) is 0 Å². The minimum Gasteiger partial charge on any atom is -0.352 e. The highest BCUT2D eigenvalue weighted by molar-refractivity contribution is 7.89. The van der Waals surface area contributed by atoms with E-state index in [9.17, 15) is 18.0 Å². The number of piperazine rings is 1. The minimum absolute atomic E-state index is 0.0530. The summed E-state index contributed by atoms with van der Waals surface area (Å²) >= 11 is 6.07. The fraction of sp³-hybridized carbons (Fsp3) is 0.600. The molecule has 172 valence electrons. The number of hydrogen-bond donors (Lipinski definition) is 2. The molecule has 1 saturated heterocycles. The molecule has 0 spiro atoms. The van der Waals surface area contributed by atoms with E-state index in [-0.39, 0.29) is 21.7 Å².